The van der Waals surface area contributed by atoms with Gasteiger partial charge < -0.3 is 15.5 Å². The Balaban J connectivity index is 4.17. The van der Waals surface area contributed by atoms with E-state index in [2.05, 4.69) is 10.5 Å². The van der Waals surface area contributed by atoms with Gasteiger partial charge in [0, 0.05) is 12.0 Å². The number of aliphatic hydroxyl groups excluding tert-OH is 1. The van der Waals surface area contributed by atoms with Gasteiger partial charge in [0.2, 0.25) is 5.91 Å². The van der Waals surface area contributed by atoms with E-state index in [-0.39, 0.29) is 19.5 Å². The highest BCUT2D eigenvalue weighted by Gasteiger charge is 2.33. The van der Waals surface area contributed by atoms with Gasteiger partial charge in [-0.3, -0.25) is 9.59 Å². The number of aliphatic carboxylic acids is 1. The number of carbonyl (C=O) groups excluding carboxylic acids is 1. The van der Waals surface area contributed by atoms with Gasteiger partial charge in [0.1, 0.15) is 6.10 Å². The minimum atomic E-state index is -1.39. The normalized spacial score (nSPS) is 12.9. The molecule has 92 valence electrons. The molecule has 0 aliphatic carbocycles. The summed E-state index contributed by atoms with van der Waals surface area (Å²) in [6.45, 7) is 2.79. The van der Waals surface area contributed by atoms with E-state index in [1.54, 1.807) is 0 Å². The van der Waals surface area contributed by atoms with Crippen molar-refractivity contribution in [3.63, 3.8) is 0 Å². The predicted molar refractivity (Wildman–Crippen MR) is 55.7 cm³/mol. The second-order valence-electron chi connectivity index (χ2n) is 4.11. The zero-order valence-electron chi connectivity index (χ0n) is 9.27. The third kappa shape index (κ3) is 4.83. The number of nitrogens with zero attached hydrogens (tertiary/aromatic N) is 1. The van der Waals surface area contributed by atoms with Crippen LogP contribution in [0.2, 0.25) is 0 Å². The van der Waals surface area contributed by atoms with Crippen molar-refractivity contribution in [1.82, 2.24) is 5.32 Å². The number of carboxylic acids is 1. The fourth-order valence-corrected chi connectivity index (χ4v) is 0.997. The van der Waals surface area contributed by atoms with E-state index in [9.17, 15) is 19.6 Å². The zero-order chi connectivity index (χ0) is 12.8. The molecule has 0 saturated carbocycles. The molecule has 0 rings (SSSR count). The fraction of sp³-hybridized carbons (Fsp3) is 0.778. The van der Waals surface area contributed by atoms with Crippen molar-refractivity contribution in [2.24, 2.45) is 10.6 Å². The molecular formula is C9H16N2O5. The molecule has 7 nitrogen and oxygen atoms in total. The van der Waals surface area contributed by atoms with Crippen molar-refractivity contribution in [1.29, 1.82) is 0 Å². The Morgan fingerprint density at radius 3 is 2.44 bits per heavy atom. The monoisotopic (exact) mass is 232 g/mol. The fourth-order valence-electron chi connectivity index (χ4n) is 0.997. The Bertz CT molecular complexity index is 277. The molecule has 0 aromatic heterocycles. The van der Waals surface area contributed by atoms with Crippen LogP contribution < -0.4 is 5.32 Å². The first-order chi connectivity index (χ1) is 7.31. The number of rotatable bonds is 7. The number of aliphatic hydroxyl groups is 1. The van der Waals surface area contributed by atoms with Gasteiger partial charge in [-0.1, -0.05) is 19.0 Å². The minimum Gasteiger partial charge on any atom is -0.481 e. The predicted octanol–water partition coefficient (Wildman–Crippen LogP) is -0.269. The molecule has 0 heterocycles. The maximum Gasteiger partial charge on any atom is 0.305 e. The number of nitrogens with one attached hydrogen (secondary N) is 1. The van der Waals surface area contributed by atoms with Crippen molar-refractivity contribution in [2.75, 3.05) is 13.1 Å². The summed E-state index contributed by atoms with van der Waals surface area (Å²) in [6.07, 6.45) is -1.61. The average molecular weight is 232 g/mol. The molecule has 0 aliphatic heterocycles. The lowest BCUT2D eigenvalue weighted by Gasteiger charge is -2.26. The van der Waals surface area contributed by atoms with E-state index in [0.29, 0.717) is 0 Å². The van der Waals surface area contributed by atoms with E-state index >= 15 is 0 Å². The maximum absolute atomic E-state index is 11.3. The number of carbonyl (C=O) groups is 2. The Hall–Kier alpha value is -1.50. The van der Waals surface area contributed by atoms with E-state index in [1.165, 1.54) is 13.8 Å². The number of amides is 1. The topological polar surface area (TPSA) is 116 Å². The lowest BCUT2D eigenvalue weighted by Crippen LogP contribution is -2.45. The van der Waals surface area contributed by atoms with Gasteiger partial charge >= 0.3 is 5.97 Å². The SMILES string of the molecule is CC(C)(CN=O)[C@@H](O)C(=O)NCCC(=O)O. The van der Waals surface area contributed by atoms with E-state index < -0.39 is 23.4 Å². The number of carboxylic acid groups (broad SMARTS) is 1. The van der Waals surface area contributed by atoms with Crippen LogP contribution in [0, 0.1) is 10.3 Å². The minimum absolute atomic E-state index is 0.0597. The van der Waals surface area contributed by atoms with E-state index in [1.807, 2.05) is 0 Å². The summed E-state index contributed by atoms with van der Waals surface area (Å²) in [6, 6.07) is 0. The quantitative estimate of drug-likeness (QED) is 0.522. The largest absolute Gasteiger partial charge is 0.481 e. The number of nitroso groups, excluding NO2 is 1. The molecule has 0 aromatic rings. The van der Waals surface area contributed by atoms with Gasteiger partial charge in [-0.15, -0.1) is 0 Å². The maximum atomic E-state index is 11.3. The molecule has 0 radical (unpaired) electrons. The lowest BCUT2D eigenvalue weighted by atomic mass is 9.86. The summed E-state index contributed by atoms with van der Waals surface area (Å²) in [5, 5.41) is 22.8. The average Bonchev–Trinajstić information content (AvgIpc) is 2.15. The van der Waals surface area contributed by atoms with Crippen LogP contribution in [-0.4, -0.2) is 41.3 Å². The highest BCUT2D eigenvalue weighted by atomic mass is 16.4. The molecule has 0 aliphatic rings. The van der Waals surface area contributed by atoms with Gasteiger partial charge in [0.25, 0.3) is 0 Å². The summed E-state index contributed by atoms with van der Waals surface area (Å²) in [5.74, 6) is -1.74. The highest BCUT2D eigenvalue weighted by molar-refractivity contribution is 5.81. The summed E-state index contributed by atoms with van der Waals surface area (Å²) in [5.41, 5.74) is -0.963. The molecule has 0 aromatic carbocycles. The summed E-state index contributed by atoms with van der Waals surface area (Å²) < 4.78 is 0. The number of hydrogen-bond donors (Lipinski definition) is 3. The van der Waals surface area contributed by atoms with Gasteiger partial charge in [-0.2, -0.15) is 4.91 Å². The molecule has 0 bridgehead atoms. The molecule has 0 fully saturated rings. The Kier molecular flexibility index (Phi) is 5.59. The number of hydrogen-bond acceptors (Lipinski definition) is 5. The van der Waals surface area contributed by atoms with Crippen LogP contribution in [0.25, 0.3) is 0 Å². The standard InChI is InChI=1S/C9H16N2O5/c1-9(2,5-11-16)7(14)8(15)10-4-3-6(12)13/h7,14H,3-5H2,1-2H3,(H,10,15)(H,12,13)/t7-/m0/s1. The van der Waals surface area contributed by atoms with Crippen LogP contribution in [-0.2, 0) is 9.59 Å². The van der Waals surface area contributed by atoms with E-state index in [0.717, 1.165) is 0 Å². The van der Waals surface area contributed by atoms with Crippen LogP contribution in [0.1, 0.15) is 20.3 Å². The molecule has 0 spiro atoms. The summed E-state index contributed by atoms with van der Waals surface area (Å²) in [7, 11) is 0. The van der Waals surface area contributed by atoms with Crippen LogP contribution in [0.5, 0.6) is 0 Å². The molecule has 1 amide bonds. The third-order valence-corrected chi connectivity index (χ3v) is 2.10. The molecule has 0 unspecified atom stereocenters. The second-order valence-corrected chi connectivity index (χ2v) is 4.11. The van der Waals surface area contributed by atoms with Gasteiger partial charge in [-0.25, -0.2) is 0 Å². The third-order valence-electron chi connectivity index (χ3n) is 2.10. The zero-order valence-corrected chi connectivity index (χ0v) is 9.27. The highest BCUT2D eigenvalue weighted by Crippen LogP contribution is 2.21. The Labute approximate surface area is 92.8 Å². The van der Waals surface area contributed by atoms with Crippen molar-refractivity contribution < 1.29 is 19.8 Å². The second kappa shape index (κ2) is 6.16. The molecular weight excluding hydrogens is 216 g/mol. The van der Waals surface area contributed by atoms with Crippen molar-refractivity contribution in [3.05, 3.63) is 4.91 Å². The van der Waals surface area contributed by atoms with Gasteiger partial charge in [0.05, 0.1) is 13.0 Å². The summed E-state index contributed by atoms with van der Waals surface area (Å²) >= 11 is 0. The Morgan fingerprint density at radius 2 is 2.00 bits per heavy atom. The first-order valence-electron chi connectivity index (χ1n) is 4.78. The lowest BCUT2D eigenvalue weighted by molar-refractivity contribution is -0.137. The first kappa shape index (κ1) is 14.5. The van der Waals surface area contributed by atoms with Crippen LogP contribution in [0.15, 0.2) is 5.18 Å². The summed E-state index contributed by atoms with van der Waals surface area (Å²) in [4.78, 5) is 31.6. The van der Waals surface area contributed by atoms with Crippen molar-refractivity contribution in [2.45, 2.75) is 26.4 Å². The molecule has 3 N–H and O–H groups in total. The smallest absolute Gasteiger partial charge is 0.305 e. The van der Waals surface area contributed by atoms with Crippen molar-refractivity contribution in [3.8, 4) is 0 Å². The molecule has 1 atom stereocenters. The Morgan fingerprint density at radius 1 is 1.44 bits per heavy atom. The van der Waals surface area contributed by atoms with Crippen molar-refractivity contribution >= 4 is 11.9 Å². The van der Waals surface area contributed by atoms with Crippen LogP contribution in [0.3, 0.4) is 0 Å². The first-order valence-corrected chi connectivity index (χ1v) is 4.78. The molecule has 16 heavy (non-hydrogen) atoms. The molecule has 0 saturated heterocycles. The van der Waals surface area contributed by atoms with Gasteiger partial charge in [-0.05, 0) is 0 Å². The van der Waals surface area contributed by atoms with Crippen LogP contribution in [0.4, 0.5) is 0 Å². The van der Waals surface area contributed by atoms with Gasteiger partial charge in [0.15, 0.2) is 0 Å². The molecule has 7 heteroatoms. The van der Waals surface area contributed by atoms with E-state index in [4.69, 9.17) is 5.11 Å². The van der Waals surface area contributed by atoms with Crippen LogP contribution >= 0.6 is 0 Å².